The molecule has 0 bridgehead atoms. The molecule has 0 amide bonds. The molecule has 2 aromatic carbocycles. The SMILES string of the molecule is CCn1cc(C(=O)O)c(=O)c2cc(F)c(N3CCN(Cc4nc5ccc(F)cc5[nH]4)CC3)cc21. The summed E-state index contributed by atoms with van der Waals surface area (Å²) in [6.07, 6.45) is 1.31. The number of imidazole rings is 1. The van der Waals surface area contributed by atoms with E-state index >= 15 is 4.39 Å². The molecule has 8 nitrogen and oxygen atoms in total. The van der Waals surface area contributed by atoms with Gasteiger partial charge < -0.3 is 19.6 Å². The van der Waals surface area contributed by atoms with Crippen molar-refractivity contribution >= 4 is 33.6 Å². The summed E-state index contributed by atoms with van der Waals surface area (Å²) in [5.41, 5.74) is 1.19. The summed E-state index contributed by atoms with van der Waals surface area (Å²) in [5, 5.41) is 9.37. The number of carboxylic acids is 1. The summed E-state index contributed by atoms with van der Waals surface area (Å²) in [5.74, 6) is -1.46. The van der Waals surface area contributed by atoms with Gasteiger partial charge in [-0.1, -0.05) is 0 Å². The number of fused-ring (bicyclic) bond motifs is 2. The van der Waals surface area contributed by atoms with Gasteiger partial charge in [0.15, 0.2) is 0 Å². The molecule has 1 saturated heterocycles. The van der Waals surface area contributed by atoms with Gasteiger partial charge in [0.25, 0.3) is 0 Å². The molecule has 176 valence electrons. The van der Waals surface area contributed by atoms with Crippen LogP contribution in [0.1, 0.15) is 23.1 Å². The monoisotopic (exact) mass is 467 g/mol. The first-order chi connectivity index (χ1) is 16.3. The molecule has 0 saturated carbocycles. The van der Waals surface area contributed by atoms with Gasteiger partial charge in [0.2, 0.25) is 5.43 Å². The Morgan fingerprint density at radius 2 is 1.91 bits per heavy atom. The molecule has 2 N–H and O–H groups in total. The van der Waals surface area contributed by atoms with Crippen LogP contribution in [0.25, 0.3) is 21.9 Å². The van der Waals surface area contributed by atoms with E-state index in [1.165, 1.54) is 18.3 Å². The van der Waals surface area contributed by atoms with Crippen molar-refractivity contribution in [3.05, 3.63) is 69.8 Å². The number of hydrogen-bond donors (Lipinski definition) is 2. The minimum atomic E-state index is -1.33. The van der Waals surface area contributed by atoms with Crippen molar-refractivity contribution in [3.8, 4) is 0 Å². The third-order valence-corrected chi connectivity index (χ3v) is 6.30. The highest BCUT2D eigenvalue weighted by molar-refractivity contribution is 5.93. The number of hydrogen-bond acceptors (Lipinski definition) is 5. The first-order valence-corrected chi connectivity index (χ1v) is 11.1. The van der Waals surface area contributed by atoms with Gasteiger partial charge >= 0.3 is 5.97 Å². The molecule has 34 heavy (non-hydrogen) atoms. The van der Waals surface area contributed by atoms with E-state index in [9.17, 15) is 19.1 Å². The normalized spacial score (nSPS) is 14.9. The Balaban J connectivity index is 1.36. The van der Waals surface area contributed by atoms with Gasteiger partial charge in [-0.3, -0.25) is 9.69 Å². The molecule has 0 unspecified atom stereocenters. The lowest BCUT2D eigenvalue weighted by atomic mass is 10.1. The van der Waals surface area contributed by atoms with Gasteiger partial charge in [-0.25, -0.2) is 18.6 Å². The summed E-state index contributed by atoms with van der Waals surface area (Å²) >= 11 is 0. The van der Waals surface area contributed by atoms with Crippen molar-refractivity contribution in [2.75, 3.05) is 31.1 Å². The molecule has 10 heteroatoms. The molecule has 0 atom stereocenters. The van der Waals surface area contributed by atoms with Gasteiger partial charge in [0, 0.05) is 44.3 Å². The van der Waals surface area contributed by atoms with Crippen LogP contribution < -0.4 is 10.3 Å². The third-order valence-electron chi connectivity index (χ3n) is 6.30. The zero-order chi connectivity index (χ0) is 24.0. The summed E-state index contributed by atoms with van der Waals surface area (Å²) in [6, 6.07) is 7.21. The Hall–Kier alpha value is -3.79. The molecule has 4 aromatic rings. The fourth-order valence-electron chi connectivity index (χ4n) is 4.52. The summed E-state index contributed by atoms with van der Waals surface area (Å²) in [7, 11) is 0. The van der Waals surface area contributed by atoms with Gasteiger partial charge in [-0.05, 0) is 37.3 Å². The van der Waals surface area contributed by atoms with Crippen molar-refractivity contribution < 1.29 is 18.7 Å². The molecular formula is C24H23F2N5O3. The van der Waals surface area contributed by atoms with Crippen LogP contribution >= 0.6 is 0 Å². The number of H-pyrrole nitrogens is 1. The van der Waals surface area contributed by atoms with Crippen LogP contribution in [-0.2, 0) is 13.1 Å². The molecule has 0 radical (unpaired) electrons. The Labute approximate surface area is 193 Å². The maximum absolute atomic E-state index is 15.1. The number of pyridine rings is 1. The van der Waals surface area contributed by atoms with Crippen molar-refractivity contribution in [1.82, 2.24) is 19.4 Å². The van der Waals surface area contributed by atoms with Crippen LogP contribution in [0.4, 0.5) is 14.5 Å². The van der Waals surface area contributed by atoms with E-state index in [-0.39, 0.29) is 16.8 Å². The summed E-state index contributed by atoms with van der Waals surface area (Å²) in [6.45, 7) is 5.32. The number of piperazine rings is 1. The number of nitrogens with zero attached hydrogens (tertiary/aromatic N) is 4. The van der Waals surface area contributed by atoms with E-state index in [2.05, 4.69) is 14.9 Å². The number of aryl methyl sites for hydroxylation is 1. The van der Waals surface area contributed by atoms with E-state index in [1.807, 2.05) is 11.8 Å². The van der Waals surface area contributed by atoms with Gasteiger partial charge in [-0.2, -0.15) is 0 Å². The third kappa shape index (κ3) is 3.90. The molecule has 3 heterocycles. The number of benzene rings is 2. The lowest BCUT2D eigenvalue weighted by Crippen LogP contribution is -2.46. The fourth-order valence-corrected chi connectivity index (χ4v) is 4.52. The Bertz CT molecular complexity index is 1470. The van der Waals surface area contributed by atoms with Crippen LogP contribution in [0.15, 0.2) is 41.3 Å². The van der Waals surface area contributed by atoms with Crippen molar-refractivity contribution in [2.24, 2.45) is 0 Å². The molecule has 5 rings (SSSR count). The lowest BCUT2D eigenvalue weighted by molar-refractivity contribution is 0.0695. The number of aromatic nitrogens is 3. The molecule has 1 aliphatic heterocycles. The average Bonchev–Trinajstić information content (AvgIpc) is 3.21. The minimum absolute atomic E-state index is 0.0583. The number of rotatable bonds is 5. The molecule has 1 aliphatic rings. The van der Waals surface area contributed by atoms with Crippen LogP contribution in [0, 0.1) is 11.6 Å². The first kappa shape index (κ1) is 22.0. The predicted octanol–water partition coefficient (Wildman–Crippen LogP) is 3.20. The quantitative estimate of drug-likeness (QED) is 0.468. The smallest absolute Gasteiger partial charge is 0.341 e. The van der Waals surface area contributed by atoms with E-state index in [4.69, 9.17) is 0 Å². The van der Waals surface area contributed by atoms with Gasteiger partial charge in [0.05, 0.1) is 28.8 Å². The fraction of sp³-hybridized carbons (Fsp3) is 0.292. The highest BCUT2D eigenvalue weighted by atomic mass is 19.1. The second-order valence-corrected chi connectivity index (χ2v) is 8.39. The van der Waals surface area contributed by atoms with E-state index in [0.29, 0.717) is 61.5 Å². The van der Waals surface area contributed by atoms with E-state index in [1.54, 1.807) is 16.7 Å². The number of aromatic carboxylic acids is 1. The van der Waals surface area contributed by atoms with Gasteiger partial charge in [-0.15, -0.1) is 0 Å². The highest BCUT2D eigenvalue weighted by Crippen LogP contribution is 2.27. The first-order valence-electron chi connectivity index (χ1n) is 11.1. The zero-order valence-electron chi connectivity index (χ0n) is 18.5. The number of nitrogens with one attached hydrogen (secondary N) is 1. The molecule has 0 aliphatic carbocycles. The number of carbonyl (C=O) groups is 1. The Morgan fingerprint density at radius 1 is 1.15 bits per heavy atom. The highest BCUT2D eigenvalue weighted by Gasteiger charge is 2.23. The molecule has 2 aromatic heterocycles. The van der Waals surface area contributed by atoms with Crippen LogP contribution in [0.3, 0.4) is 0 Å². The van der Waals surface area contributed by atoms with Gasteiger partial charge in [0.1, 0.15) is 23.0 Å². The van der Waals surface area contributed by atoms with E-state index < -0.39 is 17.2 Å². The van der Waals surface area contributed by atoms with Crippen LogP contribution in [-0.4, -0.2) is 56.7 Å². The maximum atomic E-state index is 15.1. The predicted molar refractivity (Wildman–Crippen MR) is 124 cm³/mol. The van der Waals surface area contributed by atoms with E-state index in [0.717, 1.165) is 11.9 Å². The number of anilines is 1. The zero-order valence-corrected chi connectivity index (χ0v) is 18.5. The molecule has 1 fully saturated rings. The number of aromatic amines is 1. The number of halogens is 2. The Kier molecular flexibility index (Phi) is 5.52. The van der Waals surface area contributed by atoms with Crippen molar-refractivity contribution in [2.45, 2.75) is 20.0 Å². The maximum Gasteiger partial charge on any atom is 0.341 e. The van der Waals surface area contributed by atoms with Crippen molar-refractivity contribution in [1.29, 1.82) is 0 Å². The topological polar surface area (TPSA) is 94.5 Å². The van der Waals surface area contributed by atoms with Crippen molar-refractivity contribution in [3.63, 3.8) is 0 Å². The standard InChI is InChI=1S/C24H23F2N5O3/c1-2-30-12-16(24(33)34)23(32)15-10-17(26)21(11-20(15)30)31-7-5-29(6-8-31)13-22-27-18-4-3-14(25)9-19(18)28-22/h3-4,9-12H,2,5-8,13H2,1H3,(H,27,28)(H,33,34). The second-order valence-electron chi connectivity index (χ2n) is 8.39. The minimum Gasteiger partial charge on any atom is -0.477 e. The molecular weight excluding hydrogens is 444 g/mol. The summed E-state index contributed by atoms with van der Waals surface area (Å²) < 4.78 is 30.1. The average molecular weight is 467 g/mol. The second kappa shape index (κ2) is 8.53. The van der Waals surface area contributed by atoms with Crippen LogP contribution in [0.5, 0.6) is 0 Å². The summed E-state index contributed by atoms with van der Waals surface area (Å²) in [4.78, 5) is 35.7. The molecule has 0 spiro atoms. The lowest BCUT2D eigenvalue weighted by Gasteiger charge is -2.36. The number of carboxylic acid groups (broad SMARTS) is 1. The Morgan fingerprint density at radius 3 is 2.62 bits per heavy atom. The largest absolute Gasteiger partial charge is 0.477 e. The van der Waals surface area contributed by atoms with Crippen LogP contribution in [0.2, 0.25) is 0 Å².